The molecule has 0 heterocycles. The molecule has 0 saturated carbocycles. The predicted octanol–water partition coefficient (Wildman–Crippen LogP) is 6.51. The quantitative estimate of drug-likeness (QED) is 0.142. The SMILES string of the molecule is O=C(CC(=NCCN=C(CC(=O)c1ccccc1)c1ccccc1)c1ccccc1)c1ccccc1. The maximum absolute atomic E-state index is 12.9. The molecular formula is C32H28N2O2. The smallest absolute Gasteiger partial charge is 0.168 e. The van der Waals surface area contributed by atoms with Crippen molar-refractivity contribution in [1.82, 2.24) is 0 Å². The van der Waals surface area contributed by atoms with Crippen molar-refractivity contribution in [1.29, 1.82) is 0 Å². The summed E-state index contributed by atoms with van der Waals surface area (Å²) in [5.74, 6) is 0.0558. The van der Waals surface area contributed by atoms with E-state index < -0.39 is 0 Å². The van der Waals surface area contributed by atoms with E-state index in [-0.39, 0.29) is 24.4 Å². The van der Waals surface area contributed by atoms with E-state index >= 15 is 0 Å². The average molecular weight is 473 g/mol. The highest BCUT2D eigenvalue weighted by atomic mass is 16.1. The molecule has 0 aliphatic rings. The second-order valence-corrected chi connectivity index (χ2v) is 8.32. The van der Waals surface area contributed by atoms with Crippen LogP contribution in [0.15, 0.2) is 131 Å². The first-order chi connectivity index (χ1) is 17.7. The van der Waals surface area contributed by atoms with Crippen LogP contribution in [0.25, 0.3) is 0 Å². The zero-order chi connectivity index (χ0) is 25.0. The van der Waals surface area contributed by atoms with Crippen LogP contribution in [0.4, 0.5) is 0 Å². The summed E-state index contributed by atoms with van der Waals surface area (Å²) in [6, 6.07) is 38.1. The lowest BCUT2D eigenvalue weighted by Gasteiger charge is -2.09. The normalized spacial score (nSPS) is 11.8. The average Bonchev–Trinajstić information content (AvgIpc) is 2.95. The van der Waals surface area contributed by atoms with Gasteiger partial charge in [-0.2, -0.15) is 0 Å². The van der Waals surface area contributed by atoms with E-state index in [2.05, 4.69) is 0 Å². The number of aliphatic imine (C=N–C) groups is 2. The Bertz CT molecular complexity index is 1220. The van der Waals surface area contributed by atoms with Crippen LogP contribution in [-0.4, -0.2) is 36.1 Å². The lowest BCUT2D eigenvalue weighted by molar-refractivity contribution is 0.0992. The minimum absolute atomic E-state index is 0.0279. The van der Waals surface area contributed by atoms with Crippen molar-refractivity contribution in [3.63, 3.8) is 0 Å². The zero-order valence-corrected chi connectivity index (χ0v) is 20.1. The molecule has 4 rings (SSSR count). The molecule has 4 nitrogen and oxygen atoms in total. The number of benzene rings is 4. The Morgan fingerprint density at radius 1 is 0.417 bits per heavy atom. The van der Waals surface area contributed by atoms with Crippen LogP contribution < -0.4 is 0 Å². The second kappa shape index (κ2) is 12.9. The Kier molecular flexibility index (Phi) is 8.82. The Morgan fingerprint density at radius 2 is 0.694 bits per heavy atom. The zero-order valence-electron chi connectivity index (χ0n) is 20.1. The fourth-order valence-electron chi connectivity index (χ4n) is 3.89. The third-order valence-electron chi connectivity index (χ3n) is 5.77. The fraction of sp³-hybridized carbons (Fsp3) is 0.125. The molecule has 4 aromatic carbocycles. The van der Waals surface area contributed by atoms with Crippen molar-refractivity contribution in [2.24, 2.45) is 9.98 Å². The Labute approximate surface area is 212 Å². The first kappa shape index (κ1) is 24.7. The summed E-state index contributed by atoms with van der Waals surface area (Å²) in [4.78, 5) is 35.3. The summed E-state index contributed by atoms with van der Waals surface area (Å²) in [6.45, 7) is 0.838. The summed E-state index contributed by atoms with van der Waals surface area (Å²) < 4.78 is 0. The van der Waals surface area contributed by atoms with E-state index in [0.717, 1.165) is 22.6 Å². The number of hydrogen-bond acceptors (Lipinski definition) is 4. The van der Waals surface area contributed by atoms with Gasteiger partial charge >= 0.3 is 0 Å². The van der Waals surface area contributed by atoms with Gasteiger partial charge in [-0.3, -0.25) is 19.6 Å². The van der Waals surface area contributed by atoms with Crippen LogP contribution in [0.1, 0.15) is 44.7 Å². The van der Waals surface area contributed by atoms with Gasteiger partial charge in [-0.25, -0.2) is 0 Å². The van der Waals surface area contributed by atoms with E-state index in [4.69, 9.17) is 9.98 Å². The van der Waals surface area contributed by atoms with Crippen molar-refractivity contribution in [2.75, 3.05) is 13.1 Å². The Balaban J connectivity index is 1.52. The van der Waals surface area contributed by atoms with Gasteiger partial charge in [0.2, 0.25) is 0 Å². The van der Waals surface area contributed by atoms with E-state index in [1.54, 1.807) is 0 Å². The number of carbonyl (C=O) groups is 2. The van der Waals surface area contributed by atoms with Crippen molar-refractivity contribution in [3.05, 3.63) is 144 Å². The lowest BCUT2D eigenvalue weighted by Crippen LogP contribution is -2.13. The molecule has 0 aromatic heterocycles. The molecule has 0 unspecified atom stereocenters. The summed E-state index contributed by atoms with van der Waals surface area (Å²) >= 11 is 0. The molecule has 0 amide bonds. The molecule has 0 fully saturated rings. The number of rotatable bonds is 11. The molecule has 0 atom stereocenters. The molecule has 36 heavy (non-hydrogen) atoms. The molecule has 0 spiro atoms. The van der Waals surface area contributed by atoms with Crippen molar-refractivity contribution >= 4 is 23.0 Å². The Hall–Kier alpha value is -4.44. The summed E-state index contributed by atoms with van der Waals surface area (Å²) in [5.41, 5.74) is 4.67. The molecule has 0 saturated heterocycles. The highest BCUT2D eigenvalue weighted by molar-refractivity contribution is 6.16. The van der Waals surface area contributed by atoms with Gasteiger partial charge in [0.05, 0.1) is 25.9 Å². The van der Waals surface area contributed by atoms with Crippen LogP contribution in [0, 0.1) is 0 Å². The van der Waals surface area contributed by atoms with Crippen molar-refractivity contribution in [2.45, 2.75) is 12.8 Å². The van der Waals surface area contributed by atoms with Crippen molar-refractivity contribution in [3.8, 4) is 0 Å². The van der Waals surface area contributed by atoms with Gasteiger partial charge in [-0.1, -0.05) is 121 Å². The second-order valence-electron chi connectivity index (χ2n) is 8.32. The molecule has 0 N–H and O–H groups in total. The topological polar surface area (TPSA) is 58.9 Å². The summed E-state index contributed by atoms with van der Waals surface area (Å²) in [6.07, 6.45) is 0.436. The van der Waals surface area contributed by atoms with Crippen molar-refractivity contribution < 1.29 is 9.59 Å². The standard InChI is InChI=1S/C32H28N2O2/c35-31(27-17-9-3-10-18-27)23-29(25-13-5-1-6-14-25)33-21-22-34-30(26-15-7-2-8-16-26)24-32(36)28-19-11-4-12-20-28/h1-20H,21-24H2. The van der Waals surface area contributed by atoms with Crippen LogP contribution in [0.2, 0.25) is 0 Å². The van der Waals surface area contributed by atoms with Crippen LogP contribution in [-0.2, 0) is 0 Å². The van der Waals surface area contributed by atoms with Crippen LogP contribution in [0.3, 0.4) is 0 Å². The molecular weight excluding hydrogens is 444 g/mol. The number of nitrogens with zero attached hydrogens (tertiary/aromatic N) is 2. The van der Waals surface area contributed by atoms with Gasteiger partial charge in [0.15, 0.2) is 11.6 Å². The maximum atomic E-state index is 12.9. The molecule has 4 aromatic rings. The lowest BCUT2D eigenvalue weighted by atomic mass is 10.0. The summed E-state index contributed by atoms with van der Waals surface area (Å²) in [7, 11) is 0. The number of carbonyl (C=O) groups excluding carboxylic acids is 2. The molecule has 178 valence electrons. The third kappa shape index (κ3) is 7.03. The minimum atomic E-state index is 0.0279. The first-order valence-electron chi connectivity index (χ1n) is 12.0. The number of Topliss-reactive ketones (excluding diaryl/α,β-unsaturated/α-hetero) is 2. The highest BCUT2D eigenvalue weighted by Crippen LogP contribution is 2.12. The van der Waals surface area contributed by atoms with Gasteiger partial charge < -0.3 is 0 Å². The summed E-state index contributed by atoms with van der Waals surface area (Å²) in [5, 5.41) is 0. The van der Waals surface area contributed by atoms with Gasteiger partial charge in [-0.05, 0) is 11.1 Å². The van der Waals surface area contributed by atoms with E-state index in [1.807, 2.05) is 121 Å². The third-order valence-corrected chi connectivity index (χ3v) is 5.77. The largest absolute Gasteiger partial charge is 0.294 e. The Morgan fingerprint density at radius 3 is 1.00 bits per heavy atom. The van der Waals surface area contributed by atoms with Gasteiger partial charge in [0.25, 0.3) is 0 Å². The molecule has 0 aliphatic heterocycles. The van der Waals surface area contributed by atoms with Gasteiger partial charge in [-0.15, -0.1) is 0 Å². The molecule has 0 bridgehead atoms. The van der Waals surface area contributed by atoms with Gasteiger partial charge in [0.1, 0.15) is 0 Å². The fourth-order valence-corrected chi connectivity index (χ4v) is 3.89. The number of hydrogen-bond donors (Lipinski definition) is 0. The van der Waals surface area contributed by atoms with E-state index in [0.29, 0.717) is 24.2 Å². The molecule has 4 heteroatoms. The predicted molar refractivity (Wildman–Crippen MR) is 146 cm³/mol. The monoisotopic (exact) mass is 472 g/mol. The van der Waals surface area contributed by atoms with Crippen LogP contribution in [0.5, 0.6) is 0 Å². The minimum Gasteiger partial charge on any atom is -0.294 e. The van der Waals surface area contributed by atoms with E-state index in [9.17, 15) is 9.59 Å². The number of ketones is 2. The molecule has 0 aliphatic carbocycles. The van der Waals surface area contributed by atoms with Crippen LogP contribution >= 0.6 is 0 Å². The molecule has 0 radical (unpaired) electrons. The maximum Gasteiger partial charge on any atom is 0.168 e. The van der Waals surface area contributed by atoms with E-state index in [1.165, 1.54) is 0 Å². The highest BCUT2D eigenvalue weighted by Gasteiger charge is 2.13. The first-order valence-corrected chi connectivity index (χ1v) is 12.0. The van der Waals surface area contributed by atoms with Gasteiger partial charge in [0, 0.05) is 22.6 Å².